The largest absolute Gasteiger partial charge is 0.234 e. The molecule has 0 amide bonds. The highest BCUT2D eigenvalue weighted by Gasteiger charge is 2.20. The average Bonchev–Trinajstić information content (AvgIpc) is 2.34. The minimum absolute atomic E-state index is 0.294. The zero-order chi connectivity index (χ0) is 14.5. The molecule has 5 heteroatoms. The van der Waals surface area contributed by atoms with Crippen molar-refractivity contribution in [1.29, 1.82) is 0 Å². The second-order valence-corrected chi connectivity index (χ2v) is 7.48. The topological polar surface area (TPSA) is 29.4 Å². The molecule has 0 spiro atoms. The van der Waals surface area contributed by atoms with Crippen molar-refractivity contribution >= 4 is 28.3 Å². The van der Waals surface area contributed by atoms with Gasteiger partial charge >= 0.3 is 0 Å². The summed E-state index contributed by atoms with van der Waals surface area (Å²) in [5.41, 5.74) is 1.51. The molecular formula is C14H19ClFNOS. The summed E-state index contributed by atoms with van der Waals surface area (Å²) in [5, 5.41) is 0. The molecule has 106 valence electrons. The quantitative estimate of drug-likeness (QED) is 0.595. The van der Waals surface area contributed by atoms with Crippen molar-refractivity contribution in [3.8, 4) is 0 Å². The summed E-state index contributed by atoms with van der Waals surface area (Å²) in [6.45, 7) is 5.61. The van der Waals surface area contributed by atoms with Gasteiger partial charge in [0.1, 0.15) is 16.8 Å². The molecule has 0 N–H and O–H groups in total. The monoisotopic (exact) mass is 303 g/mol. The maximum atomic E-state index is 12.9. The zero-order valence-corrected chi connectivity index (χ0v) is 13.0. The van der Waals surface area contributed by atoms with E-state index in [1.54, 1.807) is 12.1 Å². The number of hydrogen-bond acceptors (Lipinski definition) is 1. The Hall–Kier alpha value is -0.740. The van der Waals surface area contributed by atoms with E-state index in [0.29, 0.717) is 18.0 Å². The molecule has 1 aromatic rings. The van der Waals surface area contributed by atoms with E-state index in [0.717, 1.165) is 12.0 Å². The summed E-state index contributed by atoms with van der Waals surface area (Å²) >= 11 is 5.69. The number of alkyl halides is 1. The number of benzene rings is 1. The lowest BCUT2D eigenvalue weighted by atomic mass is 10.1. The minimum Gasteiger partial charge on any atom is -0.234 e. The fourth-order valence-electron chi connectivity index (χ4n) is 1.36. The molecule has 0 saturated carbocycles. The third-order valence-corrected chi connectivity index (χ3v) is 4.14. The van der Waals surface area contributed by atoms with Gasteiger partial charge in [-0.25, -0.2) is 8.60 Å². The molecule has 2 nitrogen and oxygen atoms in total. The Bertz CT molecular complexity index is 465. The lowest BCUT2D eigenvalue weighted by Gasteiger charge is -2.15. The van der Waals surface area contributed by atoms with Crippen molar-refractivity contribution in [3.63, 3.8) is 0 Å². The van der Waals surface area contributed by atoms with Gasteiger partial charge in [0.25, 0.3) is 0 Å². The maximum Gasteiger partial charge on any atom is 0.145 e. The standard InChI is InChI=1S/C14H19ClFNOS/c1-14(2,3)19(18)17-13(5-4-10-15)11-6-8-12(16)9-7-11/h6-9H,4-5,10H2,1-3H3. The predicted octanol–water partition coefficient (Wildman–Crippen LogP) is 4.10. The van der Waals surface area contributed by atoms with Crippen LogP contribution in [0, 0.1) is 5.82 Å². The van der Waals surface area contributed by atoms with Crippen LogP contribution in [0.4, 0.5) is 4.39 Å². The Morgan fingerprint density at radius 3 is 2.37 bits per heavy atom. The Labute approximate surface area is 121 Å². The first kappa shape index (κ1) is 16.3. The molecule has 1 aromatic carbocycles. The van der Waals surface area contributed by atoms with Crippen molar-refractivity contribution in [2.75, 3.05) is 5.88 Å². The van der Waals surface area contributed by atoms with Gasteiger partial charge in [0.15, 0.2) is 0 Å². The van der Waals surface area contributed by atoms with Crippen LogP contribution in [0.1, 0.15) is 39.2 Å². The van der Waals surface area contributed by atoms with Crippen molar-refractivity contribution in [2.45, 2.75) is 38.4 Å². The average molecular weight is 304 g/mol. The van der Waals surface area contributed by atoms with E-state index < -0.39 is 15.7 Å². The van der Waals surface area contributed by atoms with Crippen molar-refractivity contribution in [3.05, 3.63) is 35.6 Å². The molecule has 1 rings (SSSR count). The van der Waals surface area contributed by atoms with E-state index in [9.17, 15) is 8.60 Å². The first-order valence-electron chi connectivity index (χ1n) is 6.16. The summed E-state index contributed by atoms with van der Waals surface area (Å²) in [7, 11) is -1.33. The van der Waals surface area contributed by atoms with Crippen LogP contribution < -0.4 is 0 Å². The Balaban J connectivity index is 3.04. The van der Waals surface area contributed by atoms with Crippen LogP contribution in [0.25, 0.3) is 0 Å². The van der Waals surface area contributed by atoms with Crippen molar-refractivity contribution in [2.24, 2.45) is 4.40 Å². The van der Waals surface area contributed by atoms with Crippen LogP contribution in [-0.2, 0) is 11.0 Å². The van der Waals surface area contributed by atoms with Crippen LogP contribution in [0.2, 0.25) is 0 Å². The number of halogens is 2. The molecule has 0 aliphatic carbocycles. The molecule has 19 heavy (non-hydrogen) atoms. The van der Waals surface area contributed by atoms with Gasteiger partial charge in [-0.15, -0.1) is 11.6 Å². The Morgan fingerprint density at radius 1 is 1.32 bits per heavy atom. The second kappa shape index (κ2) is 7.15. The summed E-state index contributed by atoms with van der Waals surface area (Å²) in [6, 6.07) is 6.07. The van der Waals surface area contributed by atoms with Crippen LogP contribution in [0.3, 0.4) is 0 Å². The van der Waals surface area contributed by atoms with Gasteiger partial charge in [0.05, 0.1) is 10.5 Å². The SMILES string of the molecule is CC(C)(C)S(=O)N=C(CCCCl)c1ccc(F)cc1. The molecule has 0 aliphatic rings. The van der Waals surface area contributed by atoms with E-state index in [-0.39, 0.29) is 5.82 Å². The molecule has 0 radical (unpaired) electrons. The van der Waals surface area contributed by atoms with E-state index in [2.05, 4.69) is 4.40 Å². The summed E-state index contributed by atoms with van der Waals surface area (Å²) in [6.07, 6.45) is 1.38. The van der Waals surface area contributed by atoms with Gasteiger partial charge in [-0.3, -0.25) is 0 Å². The molecule has 0 fully saturated rings. The molecule has 1 unspecified atom stereocenters. The van der Waals surface area contributed by atoms with Crippen LogP contribution in [0.5, 0.6) is 0 Å². The predicted molar refractivity (Wildman–Crippen MR) is 80.8 cm³/mol. The van der Waals surface area contributed by atoms with Crippen LogP contribution in [0.15, 0.2) is 28.7 Å². The van der Waals surface area contributed by atoms with E-state index in [1.165, 1.54) is 12.1 Å². The van der Waals surface area contributed by atoms with Crippen molar-refractivity contribution < 1.29 is 8.60 Å². The maximum absolute atomic E-state index is 12.9. The van der Waals surface area contributed by atoms with Gasteiger partial charge in [0.2, 0.25) is 0 Å². The molecule has 1 atom stereocenters. The molecular weight excluding hydrogens is 285 g/mol. The normalized spacial score (nSPS) is 14.5. The molecule has 0 aliphatic heterocycles. The summed E-state index contributed by atoms with van der Waals surface area (Å²) in [5.74, 6) is 0.222. The van der Waals surface area contributed by atoms with E-state index in [4.69, 9.17) is 11.6 Å². The second-order valence-electron chi connectivity index (χ2n) is 5.20. The van der Waals surface area contributed by atoms with Crippen molar-refractivity contribution in [1.82, 2.24) is 0 Å². The highest BCUT2D eigenvalue weighted by Crippen LogP contribution is 2.16. The van der Waals surface area contributed by atoms with Gasteiger partial charge in [-0.2, -0.15) is 4.40 Å². The zero-order valence-electron chi connectivity index (χ0n) is 11.5. The first-order chi connectivity index (χ1) is 8.84. The minimum atomic E-state index is -1.33. The fourth-order valence-corrected chi connectivity index (χ4v) is 2.16. The molecule has 0 bridgehead atoms. The Kier molecular flexibility index (Phi) is 6.14. The van der Waals surface area contributed by atoms with Crippen LogP contribution in [-0.4, -0.2) is 20.5 Å². The van der Waals surface area contributed by atoms with Gasteiger partial charge < -0.3 is 0 Å². The number of hydrogen-bond donors (Lipinski definition) is 0. The number of rotatable bonds is 5. The summed E-state index contributed by atoms with van der Waals surface area (Å²) in [4.78, 5) is 0. The highest BCUT2D eigenvalue weighted by molar-refractivity contribution is 7.85. The lowest BCUT2D eigenvalue weighted by Crippen LogP contribution is -2.21. The molecule has 0 heterocycles. The molecule has 0 saturated heterocycles. The van der Waals surface area contributed by atoms with Gasteiger partial charge in [-0.05, 0) is 51.3 Å². The third kappa shape index (κ3) is 5.41. The van der Waals surface area contributed by atoms with Crippen LogP contribution >= 0.6 is 11.6 Å². The fraction of sp³-hybridized carbons (Fsp3) is 0.500. The Morgan fingerprint density at radius 2 is 1.89 bits per heavy atom. The third-order valence-electron chi connectivity index (χ3n) is 2.44. The smallest absolute Gasteiger partial charge is 0.145 e. The lowest BCUT2D eigenvalue weighted by molar-refractivity contribution is 0.627. The number of nitrogens with zero attached hydrogens (tertiary/aromatic N) is 1. The van der Waals surface area contributed by atoms with E-state index in [1.807, 2.05) is 20.8 Å². The van der Waals surface area contributed by atoms with Gasteiger partial charge in [-0.1, -0.05) is 12.1 Å². The summed E-state index contributed by atoms with van der Waals surface area (Å²) < 4.78 is 28.9. The first-order valence-corrected chi connectivity index (χ1v) is 7.80. The van der Waals surface area contributed by atoms with E-state index >= 15 is 0 Å². The van der Waals surface area contributed by atoms with Gasteiger partial charge in [0, 0.05) is 5.88 Å². The highest BCUT2D eigenvalue weighted by atomic mass is 35.5. The molecule has 0 aromatic heterocycles.